The molecule has 1 aromatic rings. The third-order valence-corrected chi connectivity index (χ3v) is 3.78. The van der Waals surface area contributed by atoms with Crippen molar-refractivity contribution in [2.45, 2.75) is 64.7 Å². The predicted octanol–water partition coefficient (Wildman–Crippen LogP) is 4.57. The fourth-order valence-corrected chi connectivity index (χ4v) is 2.36. The fourth-order valence-electron chi connectivity index (χ4n) is 2.36. The Bertz CT molecular complexity index is 587. The summed E-state index contributed by atoms with van der Waals surface area (Å²) in [6, 6.07) is 5.42. The van der Waals surface area contributed by atoms with Crippen molar-refractivity contribution in [3.05, 3.63) is 34.4 Å². The number of nitro benzene ring substituents is 1. The first-order chi connectivity index (χ1) is 12.5. The van der Waals surface area contributed by atoms with Crippen LogP contribution in [0.25, 0.3) is 0 Å². The molecule has 7 nitrogen and oxygen atoms in total. The number of carbonyl (C=O) groups excluding carboxylic acids is 2. The molecule has 0 atom stereocenters. The zero-order valence-corrected chi connectivity index (χ0v) is 15.3. The third-order valence-electron chi connectivity index (χ3n) is 3.78. The van der Waals surface area contributed by atoms with Gasteiger partial charge in [0.15, 0.2) is 0 Å². The van der Waals surface area contributed by atoms with Gasteiger partial charge in [-0.25, -0.2) is 0 Å². The molecule has 0 aliphatic heterocycles. The number of nitrogens with zero attached hydrogens (tertiary/aromatic N) is 1. The molecule has 0 aliphatic carbocycles. The lowest BCUT2D eigenvalue weighted by Gasteiger charge is -2.06. The average Bonchev–Trinajstić information content (AvgIpc) is 2.61. The van der Waals surface area contributed by atoms with Gasteiger partial charge in [0.05, 0.1) is 17.6 Å². The molecule has 26 heavy (non-hydrogen) atoms. The maximum atomic E-state index is 11.7. The van der Waals surface area contributed by atoms with Crippen LogP contribution in [0.15, 0.2) is 24.3 Å². The lowest BCUT2D eigenvalue weighted by molar-refractivity contribution is -0.384. The summed E-state index contributed by atoms with van der Waals surface area (Å²) in [6.45, 7) is 2.59. The zero-order chi connectivity index (χ0) is 19.2. The molecule has 0 aliphatic rings. The number of nitro groups is 1. The summed E-state index contributed by atoms with van der Waals surface area (Å²) in [5.41, 5.74) is -0.145. The van der Waals surface area contributed by atoms with Gasteiger partial charge < -0.3 is 9.47 Å². The molecule has 144 valence electrons. The third kappa shape index (κ3) is 9.76. The number of carbonyl (C=O) groups is 2. The summed E-state index contributed by atoms with van der Waals surface area (Å²) in [7, 11) is 0. The monoisotopic (exact) mass is 365 g/mol. The van der Waals surface area contributed by atoms with Crippen molar-refractivity contribution >= 4 is 17.6 Å². The van der Waals surface area contributed by atoms with E-state index in [1.165, 1.54) is 43.5 Å². The molecule has 0 saturated heterocycles. The Morgan fingerprint density at radius 2 is 1.69 bits per heavy atom. The topological polar surface area (TPSA) is 95.7 Å². The highest BCUT2D eigenvalue weighted by Gasteiger charge is 2.11. The Balaban J connectivity index is 2.12. The van der Waals surface area contributed by atoms with Crippen LogP contribution in [-0.2, 0) is 14.3 Å². The van der Waals surface area contributed by atoms with Gasteiger partial charge in [-0.2, -0.15) is 0 Å². The average molecular weight is 365 g/mol. The van der Waals surface area contributed by atoms with E-state index in [0.29, 0.717) is 13.0 Å². The van der Waals surface area contributed by atoms with Crippen LogP contribution >= 0.6 is 0 Å². The van der Waals surface area contributed by atoms with E-state index in [2.05, 4.69) is 6.92 Å². The Morgan fingerprint density at radius 3 is 2.42 bits per heavy atom. The molecule has 0 aromatic heterocycles. The van der Waals surface area contributed by atoms with Crippen molar-refractivity contribution in [2.24, 2.45) is 0 Å². The standard InChI is InChI=1S/C19H27NO6/c1-2-3-4-5-6-7-14-25-18(21)12-9-13-19(22)26-17-11-8-10-16(15-17)20(23)24/h8,10-11,15H,2-7,9,12-14H2,1H3. The molecule has 1 rings (SSSR count). The van der Waals surface area contributed by atoms with Crippen molar-refractivity contribution in [3.8, 4) is 5.75 Å². The molecule has 1 aromatic carbocycles. The second-order valence-corrected chi connectivity index (χ2v) is 6.07. The number of ether oxygens (including phenoxy) is 2. The smallest absolute Gasteiger partial charge is 0.311 e. The molecular formula is C19H27NO6. The van der Waals surface area contributed by atoms with Gasteiger partial charge in [0.25, 0.3) is 5.69 Å². The van der Waals surface area contributed by atoms with Crippen molar-refractivity contribution in [3.63, 3.8) is 0 Å². The predicted molar refractivity (Wildman–Crippen MR) is 96.9 cm³/mol. The highest BCUT2D eigenvalue weighted by atomic mass is 16.6. The van der Waals surface area contributed by atoms with E-state index in [4.69, 9.17) is 9.47 Å². The van der Waals surface area contributed by atoms with Gasteiger partial charge in [0.2, 0.25) is 0 Å². The Hall–Kier alpha value is -2.44. The molecule has 0 bridgehead atoms. The van der Waals surface area contributed by atoms with E-state index < -0.39 is 10.9 Å². The lowest BCUT2D eigenvalue weighted by atomic mass is 10.1. The number of rotatable bonds is 13. The number of non-ortho nitro benzene ring substituents is 1. The van der Waals surface area contributed by atoms with Gasteiger partial charge >= 0.3 is 11.9 Å². The van der Waals surface area contributed by atoms with E-state index in [0.717, 1.165) is 19.3 Å². The number of unbranched alkanes of at least 4 members (excludes halogenated alkanes) is 5. The van der Waals surface area contributed by atoms with Crippen LogP contribution in [-0.4, -0.2) is 23.5 Å². The van der Waals surface area contributed by atoms with Crippen molar-refractivity contribution in [1.82, 2.24) is 0 Å². The molecule has 0 saturated carbocycles. The minimum absolute atomic E-state index is 0.0504. The largest absolute Gasteiger partial charge is 0.466 e. The lowest BCUT2D eigenvalue weighted by Crippen LogP contribution is -2.10. The molecule has 0 radical (unpaired) electrons. The first-order valence-electron chi connectivity index (χ1n) is 9.13. The summed E-state index contributed by atoms with van der Waals surface area (Å²) < 4.78 is 10.2. The van der Waals surface area contributed by atoms with E-state index in [1.54, 1.807) is 0 Å². The highest BCUT2D eigenvalue weighted by Crippen LogP contribution is 2.19. The summed E-state index contributed by atoms with van der Waals surface area (Å²) in [6.07, 6.45) is 7.28. The number of benzene rings is 1. The van der Waals surface area contributed by atoms with Gasteiger partial charge in [-0.05, 0) is 18.9 Å². The maximum Gasteiger partial charge on any atom is 0.311 e. The van der Waals surface area contributed by atoms with Gasteiger partial charge in [0.1, 0.15) is 5.75 Å². The zero-order valence-electron chi connectivity index (χ0n) is 15.3. The highest BCUT2D eigenvalue weighted by molar-refractivity contribution is 5.74. The van der Waals surface area contributed by atoms with Gasteiger partial charge in [-0.15, -0.1) is 0 Å². The molecule has 7 heteroatoms. The van der Waals surface area contributed by atoms with E-state index >= 15 is 0 Å². The minimum Gasteiger partial charge on any atom is -0.466 e. The van der Waals surface area contributed by atoms with Crippen LogP contribution in [0.5, 0.6) is 5.75 Å². The van der Waals surface area contributed by atoms with Gasteiger partial charge in [-0.3, -0.25) is 19.7 Å². The van der Waals surface area contributed by atoms with Crippen molar-refractivity contribution in [2.75, 3.05) is 6.61 Å². The first-order valence-corrected chi connectivity index (χ1v) is 9.13. The van der Waals surface area contributed by atoms with Crippen LogP contribution in [0, 0.1) is 10.1 Å². The molecule has 0 N–H and O–H groups in total. The van der Waals surface area contributed by atoms with E-state index in [9.17, 15) is 19.7 Å². The number of esters is 2. The Labute approximate surface area is 153 Å². The van der Waals surface area contributed by atoms with Crippen LogP contribution in [0.4, 0.5) is 5.69 Å². The minimum atomic E-state index is -0.558. The van der Waals surface area contributed by atoms with Gasteiger partial charge in [0, 0.05) is 18.9 Å². The summed E-state index contributed by atoms with van der Waals surface area (Å²) in [4.78, 5) is 33.4. The summed E-state index contributed by atoms with van der Waals surface area (Å²) >= 11 is 0. The second-order valence-electron chi connectivity index (χ2n) is 6.07. The van der Waals surface area contributed by atoms with Crippen LogP contribution < -0.4 is 4.74 Å². The molecule has 0 amide bonds. The summed E-state index contributed by atoms with van der Waals surface area (Å²) in [5.74, 6) is -0.731. The van der Waals surface area contributed by atoms with E-state index in [-0.39, 0.29) is 30.2 Å². The van der Waals surface area contributed by atoms with Crippen LogP contribution in [0.3, 0.4) is 0 Å². The SMILES string of the molecule is CCCCCCCCOC(=O)CCCC(=O)Oc1cccc([N+](=O)[O-])c1. The van der Waals surface area contributed by atoms with E-state index in [1.807, 2.05) is 0 Å². The Kier molecular flexibility index (Phi) is 10.7. The van der Waals surface area contributed by atoms with Crippen LogP contribution in [0.2, 0.25) is 0 Å². The molecule has 0 heterocycles. The Morgan fingerprint density at radius 1 is 1.00 bits per heavy atom. The second kappa shape index (κ2) is 12.9. The maximum absolute atomic E-state index is 11.7. The first kappa shape index (κ1) is 21.6. The van der Waals surface area contributed by atoms with Crippen molar-refractivity contribution < 1.29 is 24.0 Å². The fraction of sp³-hybridized carbons (Fsp3) is 0.579. The van der Waals surface area contributed by atoms with Crippen molar-refractivity contribution in [1.29, 1.82) is 0 Å². The normalized spacial score (nSPS) is 10.3. The van der Waals surface area contributed by atoms with Crippen LogP contribution in [0.1, 0.15) is 64.7 Å². The molecule has 0 fully saturated rings. The van der Waals surface area contributed by atoms with Gasteiger partial charge in [-0.1, -0.05) is 45.1 Å². The number of hydrogen-bond acceptors (Lipinski definition) is 6. The molecule has 0 spiro atoms. The quantitative estimate of drug-likeness (QED) is 0.167. The molecular weight excluding hydrogens is 338 g/mol. The molecule has 0 unspecified atom stereocenters. The summed E-state index contributed by atoms with van der Waals surface area (Å²) in [5, 5.41) is 10.7. The number of hydrogen-bond donors (Lipinski definition) is 0.